The Bertz CT molecular complexity index is 1250. The topological polar surface area (TPSA) is 91.4 Å². The Balaban J connectivity index is 1.48. The number of fused-ring (bicyclic) bond motifs is 1. The number of para-hydroxylation sites is 1. The number of furan rings is 1. The van der Waals surface area contributed by atoms with Gasteiger partial charge in [0, 0.05) is 17.5 Å². The number of rotatable bonds is 7. The summed E-state index contributed by atoms with van der Waals surface area (Å²) in [5, 5.41) is 13.2. The molecule has 0 saturated carbocycles. The molecule has 160 valence electrons. The summed E-state index contributed by atoms with van der Waals surface area (Å²) in [6.45, 7) is 0. The van der Waals surface area contributed by atoms with E-state index >= 15 is 0 Å². The van der Waals surface area contributed by atoms with E-state index in [1.807, 2.05) is 31.3 Å². The predicted molar refractivity (Wildman–Crippen MR) is 120 cm³/mol. The van der Waals surface area contributed by atoms with Crippen LogP contribution in [0.4, 0.5) is 5.69 Å². The largest absolute Gasteiger partial charge is 0.495 e. The molecule has 4 aromatic rings. The molecular formula is C21H19ClN4O4S. The molecule has 10 heteroatoms. The quantitative estimate of drug-likeness (QED) is 0.403. The molecule has 0 atom stereocenters. The SMILES string of the molecule is COc1ccc(Cl)cc1NC(=O)CSc1nnc(-c2cc3cccc(OC)c3o2)n1C. The number of amides is 1. The second kappa shape index (κ2) is 8.91. The number of hydrogen-bond acceptors (Lipinski definition) is 7. The maximum atomic E-state index is 12.4. The van der Waals surface area contributed by atoms with Crippen molar-refractivity contribution in [3.8, 4) is 23.1 Å². The minimum absolute atomic E-state index is 0.135. The smallest absolute Gasteiger partial charge is 0.234 e. The van der Waals surface area contributed by atoms with Gasteiger partial charge in [0.15, 0.2) is 28.1 Å². The Morgan fingerprint density at radius 3 is 2.74 bits per heavy atom. The van der Waals surface area contributed by atoms with Crippen LogP contribution in [-0.2, 0) is 11.8 Å². The first-order chi connectivity index (χ1) is 15.0. The maximum Gasteiger partial charge on any atom is 0.234 e. The standard InChI is InChI=1S/C21H19ClN4O4S/c1-26-20(17-9-12-5-4-6-16(29-3)19(12)30-17)24-25-21(26)31-11-18(27)23-14-10-13(22)7-8-15(14)28-2/h4-10H,11H2,1-3H3,(H,23,27). The van der Waals surface area contributed by atoms with Crippen molar-refractivity contribution in [2.75, 3.05) is 25.3 Å². The molecule has 2 aromatic heterocycles. The van der Waals surface area contributed by atoms with Gasteiger partial charge in [-0.05, 0) is 30.3 Å². The van der Waals surface area contributed by atoms with Gasteiger partial charge in [-0.15, -0.1) is 10.2 Å². The zero-order chi connectivity index (χ0) is 22.0. The lowest BCUT2D eigenvalue weighted by Gasteiger charge is -2.10. The second-order valence-electron chi connectivity index (χ2n) is 6.54. The third kappa shape index (κ3) is 4.33. The van der Waals surface area contributed by atoms with Crippen molar-refractivity contribution in [2.24, 2.45) is 7.05 Å². The van der Waals surface area contributed by atoms with Crippen LogP contribution >= 0.6 is 23.4 Å². The van der Waals surface area contributed by atoms with Gasteiger partial charge in [0.1, 0.15) is 5.75 Å². The van der Waals surface area contributed by atoms with Crippen molar-refractivity contribution >= 4 is 45.9 Å². The second-order valence-corrected chi connectivity index (χ2v) is 7.91. The highest BCUT2D eigenvalue weighted by Crippen LogP contribution is 2.33. The molecule has 2 aromatic carbocycles. The van der Waals surface area contributed by atoms with Gasteiger partial charge in [-0.3, -0.25) is 4.79 Å². The third-order valence-electron chi connectivity index (χ3n) is 4.55. The van der Waals surface area contributed by atoms with Crippen LogP contribution in [0.3, 0.4) is 0 Å². The summed E-state index contributed by atoms with van der Waals surface area (Å²) >= 11 is 7.27. The Morgan fingerprint density at radius 1 is 1.16 bits per heavy atom. The van der Waals surface area contributed by atoms with Gasteiger partial charge >= 0.3 is 0 Å². The number of carbonyl (C=O) groups is 1. The lowest BCUT2D eigenvalue weighted by atomic mass is 10.2. The first-order valence-corrected chi connectivity index (χ1v) is 10.6. The molecule has 0 fully saturated rings. The van der Waals surface area contributed by atoms with Crippen molar-refractivity contribution in [1.29, 1.82) is 0 Å². The van der Waals surface area contributed by atoms with Gasteiger partial charge in [-0.2, -0.15) is 0 Å². The lowest BCUT2D eigenvalue weighted by molar-refractivity contribution is -0.113. The van der Waals surface area contributed by atoms with Crippen LogP contribution in [0.5, 0.6) is 11.5 Å². The van der Waals surface area contributed by atoms with Crippen LogP contribution in [0.2, 0.25) is 5.02 Å². The molecule has 0 saturated heterocycles. The highest BCUT2D eigenvalue weighted by molar-refractivity contribution is 7.99. The van der Waals surface area contributed by atoms with E-state index in [1.165, 1.54) is 18.9 Å². The van der Waals surface area contributed by atoms with Crippen LogP contribution in [-0.4, -0.2) is 40.6 Å². The molecule has 4 rings (SSSR count). The summed E-state index contributed by atoms with van der Waals surface area (Å²) in [4.78, 5) is 12.4. The molecule has 0 aliphatic carbocycles. The molecular weight excluding hydrogens is 440 g/mol. The highest BCUT2D eigenvalue weighted by Gasteiger charge is 2.18. The number of hydrogen-bond donors (Lipinski definition) is 1. The van der Waals surface area contributed by atoms with E-state index in [4.69, 9.17) is 25.5 Å². The molecule has 0 unspecified atom stereocenters. The van der Waals surface area contributed by atoms with Crippen LogP contribution < -0.4 is 14.8 Å². The summed E-state index contributed by atoms with van der Waals surface area (Å²) in [7, 11) is 4.94. The van der Waals surface area contributed by atoms with E-state index in [0.717, 1.165) is 5.39 Å². The number of halogens is 1. The lowest BCUT2D eigenvalue weighted by Crippen LogP contribution is -2.15. The van der Waals surface area contributed by atoms with E-state index in [-0.39, 0.29) is 11.7 Å². The Kier molecular flexibility index (Phi) is 6.06. The van der Waals surface area contributed by atoms with Crippen molar-refractivity contribution in [2.45, 2.75) is 5.16 Å². The monoisotopic (exact) mass is 458 g/mol. The van der Waals surface area contributed by atoms with Gasteiger partial charge in [-0.25, -0.2) is 0 Å². The number of nitrogens with zero attached hydrogens (tertiary/aromatic N) is 3. The number of ether oxygens (including phenoxy) is 2. The number of methoxy groups -OCH3 is 2. The van der Waals surface area contributed by atoms with Crippen molar-refractivity contribution in [3.63, 3.8) is 0 Å². The number of thioether (sulfide) groups is 1. The number of anilines is 1. The predicted octanol–water partition coefficient (Wildman–Crippen LogP) is 4.63. The van der Waals surface area contributed by atoms with Gasteiger partial charge < -0.3 is 23.8 Å². The fourth-order valence-corrected chi connectivity index (χ4v) is 3.94. The minimum Gasteiger partial charge on any atom is -0.495 e. The minimum atomic E-state index is -0.219. The van der Waals surface area contributed by atoms with E-state index < -0.39 is 0 Å². The summed E-state index contributed by atoms with van der Waals surface area (Å²) in [5.74, 6) is 2.21. The van der Waals surface area contributed by atoms with Crippen LogP contribution in [0.25, 0.3) is 22.6 Å². The Labute approximate surface area is 187 Å². The molecule has 0 bridgehead atoms. The van der Waals surface area contributed by atoms with Gasteiger partial charge in [0.2, 0.25) is 5.91 Å². The average molecular weight is 459 g/mol. The fraction of sp³-hybridized carbons (Fsp3) is 0.190. The molecule has 31 heavy (non-hydrogen) atoms. The van der Waals surface area contributed by atoms with Crippen molar-refractivity contribution in [3.05, 3.63) is 47.5 Å². The number of aromatic nitrogens is 3. The van der Waals surface area contributed by atoms with Gasteiger partial charge in [0.25, 0.3) is 0 Å². The Morgan fingerprint density at radius 2 is 1.97 bits per heavy atom. The van der Waals surface area contributed by atoms with Crippen molar-refractivity contribution in [1.82, 2.24) is 14.8 Å². The summed E-state index contributed by atoms with van der Waals surface area (Å²) < 4.78 is 18.3. The van der Waals surface area contributed by atoms with Crippen LogP contribution in [0.15, 0.2) is 52.0 Å². The highest BCUT2D eigenvalue weighted by atomic mass is 35.5. The summed E-state index contributed by atoms with van der Waals surface area (Å²) in [6, 6.07) is 12.6. The zero-order valence-electron chi connectivity index (χ0n) is 17.0. The molecule has 1 N–H and O–H groups in total. The van der Waals surface area contributed by atoms with E-state index in [1.54, 1.807) is 29.9 Å². The number of benzene rings is 2. The van der Waals surface area contributed by atoms with Gasteiger partial charge in [0.05, 0.1) is 25.7 Å². The third-order valence-corrected chi connectivity index (χ3v) is 5.81. The number of carbonyl (C=O) groups excluding carboxylic acids is 1. The first-order valence-electron chi connectivity index (χ1n) is 9.22. The molecule has 0 radical (unpaired) electrons. The molecule has 0 spiro atoms. The maximum absolute atomic E-state index is 12.4. The Hall–Kier alpha value is -3.17. The molecule has 1 amide bonds. The molecule has 2 heterocycles. The van der Waals surface area contributed by atoms with E-state index in [2.05, 4.69) is 15.5 Å². The number of nitrogens with one attached hydrogen (secondary N) is 1. The normalized spacial score (nSPS) is 11.0. The summed E-state index contributed by atoms with van der Waals surface area (Å²) in [6.07, 6.45) is 0. The van der Waals surface area contributed by atoms with Crippen molar-refractivity contribution < 1.29 is 18.7 Å². The molecule has 8 nitrogen and oxygen atoms in total. The van der Waals surface area contributed by atoms with Gasteiger partial charge in [-0.1, -0.05) is 35.5 Å². The molecule has 0 aliphatic rings. The van der Waals surface area contributed by atoms with E-state index in [9.17, 15) is 4.79 Å². The first kappa shape index (κ1) is 21.1. The van der Waals surface area contributed by atoms with E-state index in [0.29, 0.717) is 44.5 Å². The zero-order valence-corrected chi connectivity index (χ0v) is 18.6. The van der Waals surface area contributed by atoms with Crippen LogP contribution in [0, 0.1) is 0 Å². The summed E-state index contributed by atoms with van der Waals surface area (Å²) in [5.41, 5.74) is 1.16. The fourth-order valence-electron chi connectivity index (χ4n) is 3.06. The van der Waals surface area contributed by atoms with Crippen LogP contribution in [0.1, 0.15) is 0 Å². The molecule has 0 aliphatic heterocycles. The average Bonchev–Trinajstić information content (AvgIpc) is 3.35.